The Hall–Kier alpha value is 0.0600. The minimum atomic E-state index is -0.0526. The van der Waals surface area contributed by atoms with Crippen LogP contribution in [0.5, 0.6) is 0 Å². The first-order valence-electron chi connectivity index (χ1n) is 4.91. The van der Waals surface area contributed by atoms with Crippen molar-refractivity contribution in [1.29, 1.82) is 0 Å². The molecule has 0 N–H and O–H groups in total. The summed E-state index contributed by atoms with van der Waals surface area (Å²) >= 11 is 8.15. The molecule has 1 atom stereocenters. The standard InChI is InChI=1S/C10H14ClIN2O/c1-4-7(15-5-2)10-13-6(3)8(12)9(11)14-10/h7H,4-5H2,1-3H3. The first-order valence-corrected chi connectivity index (χ1v) is 6.36. The molecule has 0 saturated heterocycles. The lowest BCUT2D eigenvalue weighted by atomic mass is 10.2. The lowest BCUT2D eigenvalue weighted by Gasteiger charge is -2.14. The Morgan fingerprint density at radius 3 is 2.53 bits per heavy atom. The lowest BCUT2D eigenvalue weighted by molar-refractivity contribution is 0.0533. The molecule has 0 saturated carbocycles. The molecule has 0 amide bonds. The number of halogens is 2. The van der Waals surface area contributed by atoms with Crippen molar-refractivity contribution in [3.05, 3.63) is 20.2 Å². The molecular weight excluding hydrogens is 326 g/mol. The zero-order valence-corrected chi connectivity index (χ0v) is 12.0. The minimum Gasteiger partial charge on any atom is -0.371 e. The smallest absolute Gasteiger partial charge is 0.159 e. The summed E-state index contributed by atoms with van der Waals surface area (Å²) in [5, 5.41) is 0.510. The van der Waals surface area contributed by atoms with Gasteiger partial charge in [-0.1, -0.05) is 18.5 Å². The molecule has 0 bridgehead atoms. The van der Waals surface area contributed by atoms with Crippen molar-refractivity contribution in [2.45, 2.75) is 33.3 Å². The van der Waals surface area contributed by atoms with Crippen LogP contribution in [0.1, 0.15) is 37.9 Å². The Morgan fingerprint density at radius 1 is 1.40 bits per heavy atom. The third-order valence-electron chi connectivity index (χ3n) is 2.02. The van der Waals surface area contributed by atoms with Gasteiger partial charge in [0.15, 0.2) is 5.82 Å². The summed E-state index contributed by atoms with van der Waals surface area (Å²) in [6, 6.07) is 0. The van der Waals surface area contributed by atoms with Gasteiger partial charge in [0.25, 0.3) is 0 Å². The highest BCUT2D eigenvalue weighted by Gasteiger charge is 2.15. The van der Waals surface area contributed by atoms with E-state index >= 15 is 0 Å². The van der Waals surface area contributed by atoms with E-state index < -0.39 is 0 Å². The second kappa shape index (κ2) is 5.96. The summed E-state index contributed by atoms with van der Waals surface area (Å²) in [4.78, 5) is 8.64. The first-order chi connectivity index (χ1) is 7.10. The second-order valence-electron chi connectivity index (χ2n) is 3.12. The van der Waals surface area contributed by atoms with Crippen LogP contribution in [0.25, 0.3) is 0 Å². The van der Waals surface area contributed by atoms with Crippen LogP contribution >= 0.6 is 34.2 Å². The number of aromatic nitrogens is 2. The SMILES string of the molecule is CCOC(CC)c1nc(C)c(I)c(Cl)n1. The predicted octanol–water partition coefficient (Wildman–Crippen LogP) is 3.53. The maximum absolute atomic E-state index is 6.01. The first kappa shape index (κ1) is 13.1. The number of ether oxygens (including phenoxy) is 1. The van der Waals surface area contributed by atoms with Crippen LogP contribution in [0, 0.1) is 10.5 Å². The Labute approximate surface area is 109 Å². The summed E-state index contributed by atoms with van der Waals surface area (Å²) in [7, 11) is 0. The maximum Gasteiger partial charge on any atom is 0.159 e. The van der Waals surface area contributed by atoms with Crippen molar-refractivity contribution in [3.63, 3.8) is 0 Å². The molecule has 0 aliphatic heterocycles. The molecule has 0 fully saturated rings. The Bertz CT molecular complexity index is 323. The van der Waals surface area contributed by atoms with E-state index in [0.29, 0.717) is 17.6 Å². The van der Waals surface area contributed by atoms with Gasteiger partial charge in [-0.15, -0.1) is 0 Å². The minimum absolute atomic E-state index is 0.0526. The molecule has 84 valence electrons. The van der Waals surface area contributed by atoms with Crippen LogP contribution in [0.15, 0.2) is 0 Å². The molecule has 0 aromatic carbocycles. The largest absolute Gasteiger partial charge is 0.371 e. The fourth-order valence-electron chi connectivity index (χ4n) is 1.26. The van der Waals surface area contributed by atoms with Gasteiger partial charge in [-0.2, -0.15) is 0 Å². The van der Waals surface area contributed by atoms with E-state index in [1.54, 1.807) is 0 Å². The molecular formula is C10H14ClIN2O. The monoisotopic (exact) mass is 340 g/mol. The average molecular weight is 341 g/mol. The van der Waals surface area contributed by atoms with E-state index in [4.69, 9.17) is 16.3 Å². The number of hydrogen-bond donors (Lipinski definition) is 0. The zero-order valence-electron chi connectivity index (χ0n) is 9.05. The van der Waals surface area contributed by atoms with Gasteiger partial charge in [-0.25, -0.2) is 9.97 Å². The van der Waals surface area contributed by atoms with E-state index in [9.17, 15) is 0 Å². The van der Waals surface area contributed by atoms with Crippen LogP contribution in [-0.4, -0.2) is 16.6 Å². The topological polar surface area (TPSA) is 35.0 Å². The van der Waals surface area contributed by atoms with E-state index in [1.165, 1.54) is 0 Å². The van der Waals surface area contributed by atoms with Gasteiger partial charge in [0.1, 0.15) is 11.3 Å². The van der Waals surface area contributed by atoms with E-state index in [2.05, 4.69) is 32.6 Å². The van der Waals surface area contributed by atoms with Crippen molar-refractivity contribution >= 4 is 34.2 Å². The molecule has 1 aromatic rings. The van der Waals surface area contributed by atoms with Gasteiger partial charge in [-0.3, -0.25) is 0 Å². The summed E-state index contributed by atoms with van der Waals surface area (Å²) in [5.41, 5.74) is 0.906. The van der Waals surface area contributed by atoms with Gasteiger partial charge < -0.3 is 4.74 Å². The van der Waals surface area contributed by atoms with Crippen molar-refractivity contribution < 1.29 is 4.74 Å². The highest BCUT2D eigenvalue weighted by molar-refractivity contribution is 14.1. The zero-order chi connectivity index (χ0) is 11.4. The van der Waals surface area contributed by atoms with Gasteiger partial charge in [-0.05, 0) is 42.9 Å². The fraction of sp³-hybridized carbons (Fsp3) is 0.600. The van der Waals surface area contributed by atoms with Crippen molar-refractivity contribution in [2.24, 2.45) is 0 Å². The average Bonchev–Trinajstić information content (AvgIpc) is 2.22. The molecule has 0 aliphatic carbocycles. The number of hydrogen-bond acceptors (Lipinski definition) is 3. The van der Waals surface area contributed by atoms with Crippen LogP contribution in [0.2, 0.25) is 5.15 Å². The quantitative estimate of drug-likeness (QED) is 0.621. The van der Waals surface area contributed by atoms with Crippen molar-refractivity contribution in [3.8, 4) is 0 Å². The van der Waals surface area contributed by atoms with Crippen LogP contribution < -0.4 is 0 Å². The molecule has 5 heteroatoms. The summed E-state index contributed by atoms with van der Waals surface area (Å²) in [6.07, 6.45) is 0.799. The highest BCUT2D eigenvalue weighted by Crippen LogP contribution is 2.23. The third-order valence-corrected chi connectivity index (χ3v) is 3.90. The summed E-state index contributed by atoms with van der Waals surface area (Å²) < 4.78 is 6.45. The molecule has 1 rings (SSSR count). The molecule has 0 radical (unpaired) electrons. The molecule has 1 aromatic heterocycles. The summed E-state index contributed by atoms with van der Waals surface area (Å²) in [5.74, 6) is 0.683. The summed E-state index contributed by atoms with van der Waals surface area (Å²) in [6.45, 7) is 6.59. The maximum atomic E-state index is 6.01. The van der Waals surface area contributed by atoms with Crippen molar-refractivity contribution in [1.82, 2.24) is 9.97 Å². The highest BCUT2D eigenvalue weighted by atomic mass is 127. The molecule has 15 heavy (non-hydrogen) atoms. The molecule has 3 nitrogen and oxygen atoms in total. The van der Waals surface area contributed by atoms with E-state index in [0.717, 1.165) is 15.7 Å². The third kappa shape index (κ3) is 3.26. The van der Waals surface area contributed by atoms with Crippen LogP contribution in [0.4, 0.5) is 0 Å². The Kier molecular flexibility index (Phi) is 5.22. The molecule has 1 unspecified atom stereocenters. The van der Waals surface area contributed by atoms with Gasteiger partial charge in [0.05, 0.1) is 9.26 Å². The molecule has 0 aliphatic rings. The van der Waals surface area contributed by atoms with E-state index in [1.807, 2.05) is 20.8 Å². The Balaban J connectivity index is 3.03. The van der Waals surface area contributed by atoms with Crippen molar-refractivity contribution in [2.75, 3.05) is 6.61 Å². The second-order valence-corrected chi connectivity index (χ2v) is 4.56. The number of nitrogens with zero attached hydrogens (tertiary/aromatic N) is 2. The predicted molar refractivity (Wildman–Crippen MR) is 69.2 cm³/mol. The molecule has 0 spiro atoms. The van der Waals surface area contributed by atoms with E-state index in [-0.39, 0.29) is 6.10 Å². The molecule has 1 heterocycles. The van der Waals surface area contributed by atoms with Gasteiger partial charge in [0.2, 0.25) is 0 Å². The lowest BCUT2D eigenvalue weighted by Crippen LogP contribution is -2.10. The van der Waals surface area contributed by atoms with Crippen LogP contribution in [-0.2, 0) is 4.74 Å². The van der Waals surface area contributed by atoms with Gasteiger partial charge in [0, 0.05) is 6.61 Å². The van der Waals surface area contributed by atoms with Gasteiger partial charge >= 0.3 is 0 Å². The number of rotatable bonds is 4. The normalized spacial score (nSPS) is 12.9. The Morgan fingerprint density at radius 2 is 2.07 bits per heavy atom. The van der Waals surface area contributed by atoms with Crippen LogP contribution in [0.3, 0.4) is 0 Å². The fourth-order valence-corrected chi connectivity index (χ4v) is 1.73. The number of aryl methyl sites for hydroxylation is 1.